The number of aryl methyl sites for hydroxylation is 1. The average Bonchev–Trinajstić information content (AvgIpc) is 2.66. The van der Waals surface area contributed by atoms with Gasteiger partial charge in [0.25, 0.3) is 5.91 Å². The number of halogens is 1. The van der Waals surface area contributed by atoms with Gasteiger partial charge in [-0.15, -0.1) is 0 Å². The van der Waals surface area contributed by atoms with E-state index in [2.05, 4.69) is 27.5 Å². The third-order valence-corrected chi connectivity index (χ3v) is 4.34. The lowest BCUT2D eigenvalue weighted by molar-refractivity contribution is 0.102. The number of hydrogen-bond acceptors (Lipinski definition) is 4. The quantitative estimate of drug-likeness (QED) is 0.612. The molecule has 0 radical (unpaired) electrons. The SMILES string of the molecule is CC[C@H](Nc1cncc(Cl)n1)c1cccc(NC(=O)c2cccc(C)c2)c1. The fourth-order valence-corrected chi connectivity index (χ4v) is 2.98. The summed E-state index contributed by atoms with van der Waals surface area (Å²) in [5.41, 5.74) is 3.48. The van der Waals surface area contributed by atoms with Crippen LogP contribution in [0.15, 0.2) is 60.9 Å². The molecule has 0 spiro atoms. The number of amides is 1. The van der Waals surface area contributed by atoms with Gasteiger partial charge in [0.05, 0.1) is 18.4 Å². The van der Waals surface area contributed by atoms with E-state index in [0.29, 0.717) is 16.5 Å². The number of carbonyl (C=O) groups excluding carboxylic acids is 1. The van der Waals surface area contributed by atoms with Crippen LogP contribution in [0.2, 0.25) is 5.15 Å². The first kappa shape index (κ1) is 18.9. The highest BCUT2D eigenvalue weighted by Crippen LogP contribution is 2.24. The van der Waals surface area contributed by atoms with E-state index >= 15 is 0 Å². The van der Waals surface area contributed by atoms with Crippen molar-refractivity contribution in [3.05, 3.63) is 82.8 Å². The summed E-state index contributed by atoms with van der Waals surface area (Å²) in [6, 6.07) is 15.3. The monoisotopic (exact) mass is 380 g/mol. The van der Waals surface area contributed by atoms with Crippen LogP contribution in [0, 0.1) is 6.92 Å². The van der Waals surface area contributed by atoms with Crippen LogP contribution in [0.5, 0.6) is 0 Å². The molecule has 138 valence electrons. The maximum absolute atomic E-state index is 12.5. The number of anilines is 2. The second-order valence-corrected chi connectivity index (χ2v) is 6.67. The van der Waals surface area contributed by atoms with Crippen molar-refractivity contribution in [2.45, 2.75) is 26.3 Å². The molecule has 2 aromatic carbocycles. The van der Waals surface area contributed by atoms with Crippen LogP contribution in [0.25, 0.3) is 0 Å². The molecule has 6 heteroatoms. The third-order valence-electron chi connectivity index (χ3n) is 4.16. The molecule has 0 unspecified atom stereocenters. The molecule has 0 aliphatic rings. The van der Waals surface area contributed by atoms with Gasteiger partial charge in [-0.1, -0.05) is 48.4 Å². The molecule has 3 aromatic rings. The normalized spacial score (nSPS) is 11.7. The van der Waals surface area contributed by atoms with Crippen molar-refractivity contribution in [1.29, 1.82) is 0 Å². The fraction of sp³-hybridized carbons (Fsp3) is 0.190. The Balaban J connectivity index is 1.76. The van der Waals surface area contributed by atoms with Crippen molar-refractivity contribution in [3.63, 3.8) is 0 Å². The zero-order valence-corrected chi connectivity index (χ0v) is 16.0. The molecular weight excluding hydrogens is 360 g/mol. The van der Waals surface area contributed by atoms with Gasteiger partial charge in [0.15, 0.2) is 0 Å². The molecule has 0 aliphatic carbocycles. The Labute approximate surface area is 163 Å². The fourth-order valence-electron chi connectivity index (χ4n) is 2.83. The molecule has 0 saturated carbocycles. The number of rotatable bonds is 6. The highest BCUT2D eigenvalue weighted by Gasteiger charge is 2.12. The van der Waals surface area contributed by atoms with Gasteiger partial charge in [-0.2, -0.15) is 0 Å². The first-order valence-corrected chi connectivity index (χ1v) is 9.15. The number of benzene rings is 2. The van der Waals surface area contributed by atoms with Crippen LogP contribution >= 0.6 is 11.6 Å². The van der Waals surface area contributed by atoms with E-state index in [1.54, 1.807) is 12.3 Å². The van der Waals surface area contributed by atoms with Gasteiger partial charge in [-0.3, -0.25) is 9.78 Å². The van der Waals surface area contributed by atoms with E-state index in [1.807, 2.05) is 49.4 Å². The van der Waals surface area contributed by atoms with E-state index < -0.39 is 0 Å². The topological polar surface area (TPSA) is 66.9 Å². The number of nitrogens with one attached hydrogen (secondary N) is 2. The summed E-state index contributed by atoms with van der Waals surface area (Å²) >= 11 is 5.91. The van der Waals surface area contributed by atoms with Crippen molar-refractivity contribution in [2.75, 3.05) is 10.6 Å². The minimum Gasteiger partial charge on any atom is -0.362 e. The molecule has 3 rings (SSSR count). The highest BCUT2D eigenvalue weighted by molar-refractivity contribution is 6.29. The van der Waals surface area contributed by atoms with E-state index in [9.17, 15) is 4.79 Å². The Kier molecular flexibility index (Phi) is 6.04. The van der Waals surface area contributed by atoms with Crippen LogP contribution in [0.4, 0.5) is 11.5 Å². The Morgan fingerprint density at radius 1 is 1.15 bits per heavy atom. The molecule has 27 heavy (non-hydrogen) atoms. The summed E-state index contributed by atoms with van der Waals surface area (Å²) in [5, 5.41) is 6.64. The minimum absolute atomic E-state index is 0.0218. The van der Waals surface area contributed by atoms with Crippen LogP contribution in [0.3, 0.4) is 0 Å². The van der Waals surface area contributed by atoms with Gasteiger partial charge in [-0.25, -0.2) is 4.98 Å². The molecule has 2 N–H and O–H groups in total. The Hall–Kier alpha value is -2.92. The largest absolute Gasteiger partial charge is 0.362 e. The molecule has 0 saturated heterocycles. The molecule has 0 aliphatic heterocycles. The van der Waals surface area contributed by atoms with Gasteiger partial charge in [0, 0.05) is 11.3 Å². The Morgan fingerprint density at radius 2 is 1.96 bits per heavy atom. The lowest BCUT2D eigenvalue weighted by Gasteiger charge is -2.19. The van der Waals surface area contributed by atoms with Gasteiger partial charge in [0.2, 0.25) is 0 Å². The molecule has 1 atom stereocenters. The Bertz CT molecular complexity index is 945. The lowest BCUT2D eigenvalue weighted by atomic mass is 10.0. The zero-order valence-electron chi connectivity index (χ0n) is 15.2. The zero-order chi connectivity index (χ0) is 19.2. The van der Waals surface area contributed by atoms with Crippen molar-refractivity contribution in [1.82, 2.24) is 9.97 Å². The van der Waals surface area contributed by atoms with Crippen molar-refractivity contribution in [3.8, 4) is 0 Å². The predicted octanol–water partition coefficient (Wildman–Crippen LogP) is 5.25. The first-order chi connectivity index (χ1) is 13.0. The molecule has 1 amide bonds. The Morgan fingerprint density at radius 3 is 2.70 bits per heavy atom. The molecular formula is C21H21ClN4O. The molecule has 0 bridgehead atoms. The maximum Gasteiger partial charge on any atom is 0.255 e. The summed E-state index contributed by atoms with van der Waals surface area (Å²) < 4.78 is 0. The number of aromatic nitrogens is 2. The average molecular weight is 381 g/mol. The predicted molar refractivity (Wildman–Crippen MR) is 109 cm³/mol. The van der Waals surface area contributed by atoms with Crippen molar-refractivity contribution < 1.29 is 4.79 Å². The van der Waals surface area contributed by atoms with E-state index in [1.165, 1.54) is 6.20 Å². The summed E-state index contributed by atoms with van der Waals surface area (Å²) in [4.78, 5) is 20.8. The molecule has 0 fully saturated rings. The van der Waals surface area contributed by atoms with E-state index in [4.69, 9.17) is 11.6 Å². The van der Waals surface area contributed by atoms with Gasteiger partial charge >= 0.3 is 0 Å². The maximum atomic E-state index is 12.5. The van der Waals surface area contributed by atoms with Crippen LogP contribution in [0.1, 0.15) is 40.9 Å². The number of nitrogens with zero attached hydrogens (tertiary/aromatic N) is 2. The third kappa shape index (κ3) is 5.05. The van der Waals surface area contributed by atoms with Gasteiger partial charge in [-0.05, 0) is 43.2 Å². The highest BCUT2D eigenvalue weighted by atomic mass is 35.5. The lowest BCUT2D eigenvalue weighted by Crippen LogP contribution is -2.14. The summed E-state index contributed by atoms with van der Waals surface area (Å²) in [6.07, 6.45) is 3.97. The van der Waals surface area contributed by atoms with Crippen molar-refractivity contribution >= 4 is 29.0 Å². The van der Waals surface area contributed by atoms with E-state index in [0.717, 1.165) is 23.2 Å². The second kappa shape index (κ2) is 8.64. The minimum atomic E-state index is -0.127. The van der Waals surface area contributed by atoms with Crippen LogP contribution < -0.4 is 10.6 Å². The van der Waals surface area contributed by atoms with Crippen LogP contribution in [-0.2, 0) is 0 Å². The van der Waals surface area contributed by atoms with E-state index in [-0.39, 0.29) is 11.9 Å². The number of hydrogen-bond donors (Lipinski definition) is 2. The van der Waals surface area contributed by atoms with Gasteiger partial charge < -0.3 is 10.6 Å². The summed E-state index contributed by atoms with van der Waals surface area (Å²) in [6.45, 7) is 4.04. The molecule has 1 heterocycles. The molecule has 5 nitrogen and oxygen atoms in total. The smallest absolute Gasteiger partial charge is 0.255 e. The summed E-state index contributed by atoms with van der Waals surface area (Å²) in [5.74, 6) is 0.487. The van der Waals surface area contributed by atoms with Crippen LogP contribution in [-0.4, -0.2) is 15.9 Å². The van der Waals surface area contributed by atoms with Gasteiger partial charge in [0.1, 0.15) is 11.0 Å². The summed E-state index contributed by atoms with van der Waals surface area (Å²) in [7, 11) is 0. The standard InChI is InChI=1S/C21H21ClN4O/c1-3-18(25-20-13-23-12-19(22)26-20)15-7-5-9-17(11-15)24-21(27)16-8-4-6-14(2)10-16/h4-13,18H,3H2,1-2H3,(H,24,27)(H,25,26)/t18-/m0/s1. The van der Waals surface area contributed by atoms with Crippen molar-refractivity contribution in [2.24, 2.45) is 0 Å². The first-order valence-electron chi connectivity index (χ1n) is 8.77. The molecule has 1 aromatic heterocycles. The number of carbonyl (C=O) groups is 1. The second-order valence-electron chi connectivity index (χ2n) is 6.28.